The van der Waals surface area contributed by atoms with Gasteiger partial charge in [0.25, 0.3) is 5.91 Å². The van der Waals surface area contributed by atoms with Crippen LogP contribution in [0.15, 0.2) is 24.3 Å². The Morgan fingerprint density at radius 3 is 2.73 bits per heavy atom. The molecule has 6 nitrogen and oxygen atoms in total. The van der Waals surface area contributed by atoms with Crippen LogP contribution in [0.5, 0.6) is 0 Å². The Labute approximate surface area is 131 Å². The van der Waals surface area contributed by atoms with E-state index in [-0.39, 0.29) is 24.4 Å². The summed E-state index contributed by atoms with van der Waals surface area (Å²) in [6.45, 7) is 5.20. The summed E-state index contributed by atoms with van der Waals surface area (Å²) in [5.41, 5.74) is 1.31. The van der Waals surface area contributed by atoms with Gasteiger partial charge in [-0.15, -0.1) is 0 Å². The number of amides is 2. The summed E-state index contributed by atoms with van der Waals surface area (Å²) in [5, 5.41) is 8.63. The fourth-order valence-corrected chi connectivity index (χ4v) is 1.81. The summed E-state index contributed by atoms with van der Waals surface area (Å²) in [6.07, 6.45) is 0.785. The molecule has 0 aliphatic heterocycles. The number of ether oxygens (including phenoxy) is 1. The molecule has 22 heavy (non-hydrogen) atoms. The SMILES string of the molecule is COCCCNC(=O)CNc1cccc(C(=O)NC(C)C)c1. The summed E-state index contributed by atoms with van der Waals surface area (Å²) in [5.74, 6) is -0.212. The van der Waals surface area contributed by atoms with E-state index in [2.05, 4.69) is 16.0 Å². The van der Waals surface area contributed by atoms with Gasteiger partial charge in [0.2, 0.25) is 5.91 Å². The third-order valence-corrected chi connectivity index (χ3v) is 2.85. The van der Waals surface area contributed by atoms with Gasteiger partial charge in [-0.3, -0.25) is 9.59 Å². The van der Waals surface area contributed by atoms with Crippen LogP contribution in [0.25, 0.3) is 0 Å². The zero-order valence-corrected chi connectivity index (χ0v) is 13.4. The number of methoxy groups -OCH3 is 1. The normalized spacial score (nSPS) is 10.4. The second-order valence-corrected chi connectivity index (χ2v) is 5.26. The molecule has 0 bridgehead atoms. The number of hydrogen-bond acceptors (Lipinski definition) is 4. The number of nitrogens with one attached hydrogen (secondary N) is 3. The highest BCUT2D eigenvalue weighted by molar-refractivity contribution is 5.95. The summed E-state index contributed by atoms with van der Waals surface area (Å²) < 4.78 is 4.91. The van der Waals surface area contributed by atoms with Gasteiger partial charge in [0.1, 0.15) is 0 Å². The molecule has 0 aliphatic carbocycles. The smallest absolute Gasteiger partial charge is 0.251 e. The fraction of sp³-hybridized carbons (Fsp3) is 0.500. The first kappa shape index (κ1) is 18.0. The van der Waals surface area contributed by atoms with E-state index in [0.29, 0.717) is 18.7 Å². The molecule has 1 rings (SSSR count). The van der Waals surface area contributed by atoms with Gasteiger partial charge in [-0.05, 0) is 38.5 Å². The maximum atomic E-state index is 11.9. The molecule has 0 aliphatic rings. The molecule has 0 saturated heterocycles. The number of anilines is 1. The van der Waals surface area contributed by atoms with Crippen molar-refractivity contribution >= 4 is 17.5 Å². The van der Waals surface area contributed by atoms with Gasteiger partial charge < -0.3 is 20.7 Å². The summed E-state index contributed by atoms with van der Waals surface area (Å²) >= 11 is 0. The molecule has 2 amide bonds. The lowest BCUT2D eigenvalue weighted by molar-refractivity contribution is -0.119. The molecule has 0 atom stereocenters. The Morgan fingerprint density at radius 2 is 2.05 bits per heavy atom. The molecule has 0 heterocycles. The van der Waals surface area contributed by atoms with Gasteiger partial charge >= 0.3 is 0 Å². The van der Waals surface area contributed by atoms with Crippen LogP contribution in [0.4, 0.5) is 5.69 Å². The van der Waals surface area contributed by atoms with Crippen molar-refractivity contribution in [2.24, 2.45) is 0 Å². The van der Waals surface area contributed by atoms with Crippen molar-refractivity contribution in [2.45, 2.75) is 26.3 Å². The largest absolute Gasteiger partial charge is 0.385 e. The topological polar surface area (TPSA) is 79.5 Å². The van der Waals surface area contributed by atoms with Gasteiger partial charge in [-0.25, -0.2) is 0 Å². The van der Waals surface area contributed by atoms with Crippen LogP contribution in [-0.4, -0.2) is 44.7 Å². The minimum Gasteiger partial charge on any atom is -0.385 e. The molecule has 122 valence electrons. The van der Waals surface area contributed by atoms with Crippen molar-refractivity contribution < 1.29 is 14.3 Å². The molecule has 1 aromatic carbocycles. The molecule has 0 radical (unpaired) electrons. The summed E-state index contributed by atoms with van der Waals surface area (Å²) in [7, 11) is 1.63. The highest BCUT2D eigenvalue weighted by atomic mass is 16.5. The van der Waals surface area contributed by atoms with E-state index in [9.17, 15) is 9.59 Å². The Kier molecular flexibility index (Phi) is 7.99. The monoisotopic (exact) mass is 307 g/mol. The van der Waals surface area contributed by atoms with Crippen LogP contribution in [0, 0.1) is 0 Å². The first-order chi connectivity index (χ1) is 10.5. The Morgan fingerprint density at radius 1 is 1.27 bits per heavy atom. The molecule has 0 saturated carbocycles. The van der Waals surface area contributed by atoms with Crippen LogP contribution in [0.3, 0.4) is 0 Å². The van der Waals surface area contributed by atoms with Crippen molar-refractivity contribution in [1.29, 1.82) is 0 Å². The van der Waals surface area contributed by atoms with E-state index < -0.39 is 0 Å². The maximum Gasteiger partial charge on any atom is 0.251 e. The first-order valence-corrected chi connectivity index (χ1v) is 7.43. The summed E-state index contributed by atoms with van der Waals surface area (Å²) in [4.78, 5) is 23.6. The van der Waals surface area contributed by atoms with Gasteiger partial charge in [-0.2, -0.15) is 0 Å². The minimum absolute atomic E-state index is 0.0852. The lowest BCUT2D eigenvalue weighted by Crippen LogP contribution is -2.31. The van der Waals surface area contributed by atoms with Crippen LogP contribution in [0.2, 0.25) is 0 Å². The number of rotatable bonds is 9. The fourth-order valence-electron chi connectivity index (χ4n) is 1.81. The number of carbonyl (C=O) groups is 2. The zero-order valence-electron chi connectivity index (χ0n) is 13.4. The third-order valence-electron chi connectivity index (χ3n) is 2.85. The van der Waals surface area contributed by atoms with E-state index >= 15 is 0 Å². The van der Waals surface area contributed by atoms with Crippen molar-refractivity contribution in [3.05, 3.63) is 29.8 Å². The van der Waals surface area contributed by atoms with Gasteiger partial charge in [0, 0.05) is 37.6 Å². The predicted octanol–water partition coefficient (Wildman–Crippen LogP) is 1.39. The number of benzene rings is 1. The van der Waals surface area contributed by atoms with Gasteiger partial charge in [-0.1, -0.05) is 6.07 Å². The van der Waals surface area contributed by atoms with Crippen LogP contribution in [-0.2, 0) is 9.53 Å². The Balaban J connectivity index is 2.43. The molecule has 3 N–H and O–H groups in total. The standard InChI is InChI=1S/C16H25N3O3/c1-12(2)19-16(21)13-6-4-7-14(10-13)18-11-15(20)17-8-5-9-22-3/h4,6-7,10,12,18H,5,8-9,11H2,1-3H3,(H,17,20)(H,19,21). The van der Waals surface area contributed by atoms with Gasteiger partial charge in [0.15, 0.2) is 0 Å². The number of carbonyl (C=O) groups excluding carboxylic acids is 2. The van der Waals surface area contributed by atoms with Gasteiger partial charge in [0.05, 0.1) is 6.54 Å². The highest BCUT2D eigenvalue weighted by Gasteiger charge is 2.07. The number of hydrogen-bond donors (Lipinski definition) is 3. The summed E-state index contributed by atoms with van der Waals surface area (Å²) in [6, 6.07) is 7.17. The van der Waals surface area contributed by atoms with Crippen molar-refractivity contribution in [3.8, 4) is 0 Å². The lowest BCUT2D eigenvalue weighted by Gasteiger charge is -2.11. The lowest BCUT2D eigenvalue weighted by atomic mass is 10.2. The van der Waals surface area contributed by atoms with E-state index in [1.165, 1.54) is 0 Å². The third kappa shape index (κ3) is 7.08. The second kappa shape index (κ2) is 9.78. The first-order valence-electron chi connectivity index (χ1n) is 7.43. The minimum atomic E-state index is -0.123. The maximum absolute atomic E-state index is 11.9. The van der Waals surface area contributed by atoms with E-state index in [0.717, 1.165) is 12.1 Å². The van der Waals surface area contributed by atoms with Crippen molar-refractivity contribution in [1.82, 2.24) is 10.6 Å². The second-order valence-electron chi connectivity index (χ2n) is 5.26. The zero-order chi connectivity index (χ0) is 16.4. The van der Waals surface area contributed by atoms with E-state index in [4.69, 9.17) is 4.74 Å². The van der Waals surface area contributed by atoms with Crippen molar-refractivity contribution in [3.63, 3.8) is 0 Å². The highest BCUT2D eigenvalue weighted by Crippen LogP contribution is 2.10. The molecule has 0 spiro atoms. The molecule has 6 heteroatoms. The quantitative estimate of drug-likeness (QED) is 0.602. The Hall–Kier alpha value is -2.08. The molecule has 0 aromatic heterocycles. The van der Waals surface area contributed by atoms with Crippen LogP contribution >= 0.6 is 0 Å². The molecule has 0 fully saturated rings. The van der Waals surface area contributed by atoms with E-state index in [1.807, 2.05) is 19.9 Å². The average molecular weight is 307 g/mol. The van der Waals surface area contributed by atoms with E-state index in [1.54, 1.807) is 25.3 Å². The van der Waals surface area contributed by atoms with Crippen molar-refractivity contribution in [2.75, 3.05) is 32.1 Å². The molecule has 0 unspecified atom stereocenters. The van der Waals surface area contributed by atoms with Crippen LogP contribution < -0.4 is 16.0 Å². The predicted molar refractivity (Wildman–Crippen MR) is 87.0 cm³/mol. The molecular weight excluding hydrogens is 282 g/mol. The molecule has 1 aromatic rings. The van der Waals surface area contributed by atoms with Crippen LogP contribution in [0.1, 0.15) is 30.6 Å². The Bertz CT molecular complexity index is 489. The average Bonchev–Trinajstić information content (AvgIpc) is 2.49. The molecular formula is C16H25N3O3.